The second-order valence-corrected chi connectivity index (χ2v) is 6.64. The number of benzene rings is 1. The topological polar surface area (TPSA) is 81.8 Å². The molecule has 0 saturated heterocycles. The standard InChI is InChI=1S/C14H14N2O4S2/c1-3-6-21-14-15-10(13(17)22-14)7-9-4-5-12(20-2)11(8-9)16(18)19/h4-5,7-8H,3,6H2,1-2H3. The van der Waals surface area contributed by atoms with E-state index in [1.807, 2.05) is 0 Å². The maximum Gasteiger partial charge on any atom is 0.311 e. The van der Waals surface area contributed by atoms with Gasteiger partial charge in [-0.3, -0.25) is 14.9 Å². The van der Waals surface area contributed by atoms with E-state index in [0.29, 0.717) is 11.3 Å². The van der Waals surface area contributed by atoms with E-state index >= 15 is 0 Å². The Hall–Kier alpha value is -1.80. The van der Waals surface area contributed by atoms with Gasteiger partial charge in [-0.1, -0.05) is 24.8 Å². The van der Waals surface area contributed by atoms with Crippen LogP contribution in [0.3, 0.4) is 0 Å². The maximum atomic E-state index is 11.9. The first-order valence-corrected chi connectivity index (χ1v) is 8.33. The number of ether oxygens (including phenoxy) is 1. The molecule has 1 aromatic rings. The second kappa shape index (κ2) is 7.46. The third-order valence-electron chi connectivity index (χ3n) is 2.73. The molecular formula is C14H14N2O4S2. The lowest BCUT2D eigenvalue weighted by molar-refractivity contribution is -0.385. The largest absolute Gasteiger partial charge is 0.490 e. The Morgan fingerprint density at radius 2 is 2.27 bits per heavy atom. The number of rotatable bonds is 5. The molecule has 1 aliphatic heterocycles. The third kappa shape index (κ3) is 3.89. The van der Waals surface area contributed by atoms with Gasteiger partial charge in [0.2, 0.25) is 5.12 Å². The van der Waals surface area contributed by atoms with Crippen molar-refractivity contribution in [3.05, 3.63) is 39.6 Å². The van der Waals surface area contributed by atoms with E-state index in [4.69, 9.17) is 4.74 Å². The summed E-state index contributed by atoms with van der Waals surface area (Å²) in [5.41, 5.74) is 0.713. The van der Waals surface area contributed by atoms with Gasteiger partial charge < -0.3 is 4.74 Å². The highest BCUT2D eigenvalue weighted by Crippen LogP contribution is 2.33. The minimum absolute atomic E-state index is 0.139. The number of carbonyl (C=O) groups excluding carboxylic acids is 1. The molecule has 2 rings (SSSR count). The van der Waals surface area contributed by atoms with Gasteiger partial charge in [0.15, 0.2) is 5.75 Å². The lowest BCUT2D eigenvalue weighted by Crippen LogP contribution is -1.94. The monoisotopic (exact) mass is 338 g/mol. The van der Waals surface area contributed by atoms with Crippen LogP contribution in [-0.4, -0.2) is 27.3 Å². The van der Waals surface area contributed by atoms with Crippen molar-refractivity contribution in [2.24, 2.45) is 4.99 Å². The fourth-order valence-electron chi connectivity index (χ4n) is 1.74. The Morgan fingerprint density at radius 1 is 1.50 bits per heavy atom. The van der Waals surface area contributed by atoms with Crippen molar-refractivity contribution in [3.63, 3.8) is 0 Å². The zero-order chi connectivity index (χ0) is 16.1. The lowest BCUT2D eigenvalue weighted by atomic mass is 10.1. The average molecular weight is 338 g/mol. The van der Waals surface area contributed by atoms with E-state index in [0.717, 1.165) is 28.3 Å². The molecule has 0 spiro atoms. The molecule has 0 N–H and O–H groups in total. The van der Waals surface area contributed by atoms with Crippen molar-refractivity contribution in [1.29, 1.82) is 0 Å². The number of nitrogens with zero attached hydrogens (tertiary/aromatic N) is 2. The molecule has 0 amide bonds. The first-order chi connectivity index (χ1) is 10.5. The molecule has 116 valence electrons. The lowest BCUT2D eigenvalue weighted by Gasteiger charge is -2.02. The Morgan fingerprint density at radius 3 is 2.91 bits per heavy atom. The van der Waals surface area contributed by atoms with Crippen LogP contribution in [0.15, 0.2) is 28.9 Å². The van der Waals surface area contributed by atoms with Gasteiger partial charge in [-0.25, -0.2) is 4.99 Å². The summed E-state index contributed by atoms with van der Waals surface area (Å²) in [6.07, 6.45) is 2.56. The first kappa shape index (κ1) is 16.6. The van der Waals surface area contributed by atoms with E-state index in [2.05, 4.69) is 11.9 Å². The number of carbonyl (C=O) groups is 1. The zero-order valence-corrected chi connectivity index (χ0v) is 13.7. The molecule has 1 aliphatic rings. The summed E-state index contributed by atoms with van der Waals surface area (Å²) in [5.74, 6) is 1.09. The highest BCUT2D eigenvalue weighted by molar-refractivity contribution is 8.45. The molecule has 0 unspecified atom stereocenters. The molecule has 0 fully saturated rings. The number of nitro benzene ring substituents is 1. The van der Waals surface area contributed by atoms with Crippen LogP contribution in [0, 0.1) is 10.1 Å². The van der Waals surface area contributed by atoms with Crippen molar-refractivity contribution in [2.75, 3.05) is 12.9 Å². The summed E-state index contributed by atoms with van der Waals surface area (Å²) in [6, 6.07) is 4.54. The molecule has 1 heterocycles. The van der Waals surface area contributed by atoms with Gasteiger partial charge in [-0.05, 0) is 41.6 Å². The molecule has 6 nitrogen and oxygen atoms in total. The first-order valence-electron chi connectivity index (χ1n) is 6.53. The normalized spacial score (nSPS) is 16.0. The average Bonchev–Trinajstić information content (AvgIpc) is 2.85. The van der Waals surface area contributed by atoms with Gasteiger partial charge in [0.25, 0.3) is 0 Å². The van der Waals surface area contributed by atoms with Crippen molar-refractivity contribution >= 4 is 44.8 Å². The number of nitro groups is 1. The number of thioether (sulfide) groups is 2. The summed E-state index contributed by atoms with van der Waals surface area (Å²) in [4.78, 5) is 26.7. The van der Waals surface area contributed by atoms with Gasteiger partial charge >= 0.3 is 5.69 Å². The molecule has 22 heavy (non-hydrogen) atoms. The van der Waals surface area contributed by atoms with Crippen molar-refractivity contribution in [1.82, 2.24) is 0 Å². The zero-order valence-electron chi connectivity index (χ0n) is 12.1. The highest BCUT2D eigenvalue weighted by atomic mass is 32.2. The fourth-order valence-corrected chi connectivity index (χ4v) is 3.50. The van der Waals surface area contributed by atoms with Crippen LogP contribution >= 0.6 is 23.5 Å². The van der Waals surface area contributed by atoms with Crippen LogP contribution in [-0.2, 0) is 4.79 Å². The van der Waals surface area contributed by atoms with E-state index < -0.39 is 4.92 Å². The summed E-state index contributed by atoms with van der Waals surface area (Å²) in [5, 5.41) is 10.9. The Bertz CT molecular complexity index is 671. The van der Waals surface area contributed by atoms with Gasteiger partial charge in [0.1, 0.15) is 10.1 Å². The fraction of sp³-hybridized carbons (Fsp3) is 0.286. The van der Waals surface area contributed by atoms with Crippen LogP contribution in [0.2, 0.25) is 0 Å². The second-order valence-electron chi connectivity index (χ2n) is 4.33. The summed E-state index contributed by atoms with van der Waals surface area (Å²) < 4.78 is 5.67. The molecule has 0 aromatic heterocycles. The van der Waals surface area contributed by atoms with E-state index in [1.54, 1.807) is 12.1 Å². The van der Waals surface area contributed by atoms with Crippen LogP contribution in [0.1, 0.15) is 18.9 Å². The minimum Gasteiger partial charge on any atom is -0.490 e. The van der Waals surface area contributed by atoms with E-state index in [9.17, 15) is 14.9 Å². The molecule has 0 saturated carbocycles. The van der Waals surface area contributed by atoms with Gasteiger partial charge in [-0.2, -0.15) is 0 Å². The number of methoxy groups -OCH3 is 1. The predicted molar refractivity (Wildman–Crippen MR) is 90.4 cm³/mol. The third-order valence-corrected chi connectivity index (χ3v) is 4.95. The maximum absolute atomic E-state index is 11.9. The molecule has 0 atom stereocenters. The molecule has 8 heteroatoms. The van der Waals surface area contributed by atoms with Crippen LogP contribution < -0.4 is 4.74 Å². The quantitative estimate of drug-likeness (QED) is 0.462. The Labute approximate surface area is 136 Å². The summed E-state index contributed by atoms with van der Waals surface area (Å²) in [6.45, 7) is 2.06. The predicted octanol–water partition coefficient (Wildman–Crippen LogP) is 3.72. The summed E-state index contributed by atoms with van der Waals surface area (Å²) >= 11 is 2.64. The van der Waals surface area contributed by atoms with Crippen LogP contribution in [0.25, 0.3) is 6.08 Å². The van der Waals surface area contributed by atoms with E-state index in [-0.39, 0.29) is 16.6 Å². The van der Waals surface area contributed by atoms with Gasteiger partial charge in [0.05, 0.1) is 12.0 Å². The van der Waals surface area contributed by atoms with Gasteiger partial charge in [0, 0.05) is 6.07 Å². The van der Waals surface area contributed by atoms with E-state index in [1.165, 1.54) is 31.0 Å². The molecule has 0 aliphatic carbocycles. The van der Waals surface area contributed by atoms with Crippen LogP contribution in [0.4, 0.5) is 5.69 Å². The Kier molecular flexibility index (Phi) is 5.62. The highest BCUT2D eigenvalue weighted by Gasteiger charge is 2.23. The number of aliphatic imine (C=N–C) groups is 1. The minimum atomic E-state index is -0.516. The number of hydrogen-bond acceptors (Lipinski definition) is 7. The molecule has 1 aromatic carbocycles. The Balaban J connectivity index is 2.29. The van der Waals surface area contributed by atoms with Crippen molar-refractivity contribution in [3.8, 4) is 5.75 Å². The van der Waals surface area contributed by atoms with Crippen molar-refractivity contribution in [2.45, 2.75) is 13.3 Å². The summed E-state index contributed by atoms with van der Waals surface area (Å²) in [7, 11) is 1.37. The molecular weight excluding hydrogens is 324 g/mol. The molecule has 0 bridgehead atoms. The van der Waals surface area contributed by atoms with Gasteiger partial charge in [-0.15, -0.1) is 0 Å². The smallest absolute Gasteiger partial charge is 0.311 e. The van der Waals surface area contributed by atoms with Crippen LogP contribution in [0.5, 0.6) is 5.75 Å². The number of hydrogen-bond donors (Lipinski definition) is 0. The SMILES string of the molecule is CCCSC1=NC(=Cc2ccc(OC)c([N+](=O)[O-])c2)C(=O)S1. The molecule has 0 radical (unpaired) electrons. The van der Waals surface area contributed by atoms with Crippen molar-refractivity contribution < 1.29 is 14.5 Å².